The molecule has 0 aliphatic rings. The predicted molar refractivity (Wildman–Crippen MR) is 232 cm³/mol. The van der Waals surface area contributed by atoms with Crippen molar-refractivity contribution >= 4 is 21.8 Å². The van der Waals surface area contributed by atoms with E-state index in [2.05, 4.69) is 122 Å². The van der Waals surface area contributed by atoms with E-state index < -0.39 is 0 Å². The molecule has 0 radical (unpaired) electrons. The van der Waals surface area contributed by atoms with Crippen LogP contribution >= 0.6 is 0 Å². The Morgan fingerprint density at radius 1 is 0.456 bits per heavy atom. The highest BCUT2D eigenvalue weighted by Crippen LogP contribution is 2.44. The van der Waals surface area contributed by atoms with Gasteiger partial charge in [0, 0.05) is 38.6 Å². The second kappa shape index (κ2) is 14.2. The molecule has 0 amide bonds. The molecule has 0 saturated carbocycles. The summed E-state index contributed by atoms with van der Waals surface area (Å²) >= 11 is 0. The highest BCUT2D eigenvalue weighted by atomic mass is 15.0. The van der Waals surface area contributed by atoms with E-state index in [1.807, 2.05) is 84.9 Å². The van der Waals surface area contributed by atoms with Crippen LogP contribution in [0.5, 0.6) is 0 Å². The molecule has 0 fully saturated rings. The predicted octanol–water partition coefficient (Wildman–Crippen LogP) is 12.9. The number of aromatic nitrogens is 3. The molecule has 2 aromatic heterocycles. The number of rotatable bonds is 6. The van der Waals surface area contributed by atoms with Gasteiger partial charge in [0.05, 0.1) is 51.4 Å². The smallest absolute Gasteiger partial charge is 0.160 e. The van der Waals surface area contributed by atoms with Crippen molar-refractivity contribution in [2.24, 2.45) is 0 Å². The third kappa shape index (κ3) is 6.52. The van der Waals surface area contributed by atoms with E-state index in [1.54, 1.807) is 0 Å². The molecular formula is C52H37N5. The van der Waals surface area contributed by atoms with E-state index in [4.69, 9.17) is 9.97 Å². The normalized spacial score (nSPS) is 11.4. The van der Waals surface area contributed by atoms with Crippen LogP contribution in [0.1, 0.15) is 37.5 Å². The van der Waals surface area contributed by atoms with Crippen LogP contribution in [-0.4, -0.2) is 14.5 Å². The SMILES string of the molecule is CC(C)(C)c1ccc2c(c1)c1ccccc1n2-c1c(-c2ccc(C#N)cc2)cc(-c2nc(-c3ccccc3)cc(-c3ccccc3)n2)cc1-c1ccc(C#N)cc1. The van der Waals surface area contributed by atoms with Gasteiger partial charge in [-0.25, -0.2) is 9.97 Å². The zero-order valence-corrected chi connectivity index (χ0v) is 31.9. The summed E-state index contributed by atoms with van der Waals surface area (Å²) < 4.78 is 2.37. The van der Waals surface area contributed by atoms with Gasteiger partial charge in [-0.2, -0.15) is 10.5 Å². The summed E-state index contributed by atoms with van der Waals surface area (Å²) in [5.41, 5.74) is 13.8. The molecule has 0 aliphatic heterocycles. The van der Waals surface area contributed by atoms with Crippen molar-refractivity contribution < 1.29 is 0 Å². The third-order valence-electron chi connectivity index (χ3n) is 10.6. The lowest BCUT2D eigenvalue weighted by atomic mass is 9.86. The number of hydrogen-bond donors (Lipinski definition) is 0. The number of hydrogen-bond acceptors (Lipinski definition) is 4. The Balaban J connectivity index is 1.41. The fourth-order valence-corrected chi connectivity index (χ4v) is 7.66. The first-order chi connectivity index (χ1) is 27.8. The van der Waals surface area contributed by atoms with Crippen molar-refractivity contribution in [3.8, 4) is 74.0 Å². The highest BCUT2D eigenvalue weighted by molar-refractivity contribution is 6.11. The molecule has 0 bridgehead atoms. The first-order valence-electron chi connectivity index (χ1n) is 19.0. The summed E-state index contributed by atoms with van der Waals surface area (Å²) in [6, 6.07) is 62.4. The Labute approximate surface area is 332 Å². The average molecular weight is 732 g/mol. The first kappa shape index (κ1) is 35.1. The van der Waals surface area contributed by atoms with Crippen LogP contribution in [0.2, 0.25) is 0 Å². The van der Waals surface area contributed by atoms with Gasteiger partial charge in [-0.15, -0.1) is 0 Å². The maximum atomic E-state index is 9.79. The second-order valence-corrected chi connectivity index (χ2v) is 15.3. The largest absolute Gasteiger partial charge is 0.308 e. The van der Waals surface area contributed by atoms with Gasteiger partial charge in [0.2, 0.25) is 0 Å². The molecule has 7 aromatic carbocycles. The number of benzene rings is 7. The van der Waals surface area contributed by atoms with Crippen LogP contribution in [0.4, 0.5) is 0 Å². The minimum absolute atomic E-state index is 0.0345. The van der Waals surface area contributed by atoms with Crippen molar-refractivity contribution in [3.05, 3.63) is 187 Å². The number of para-hydroxylation sites is 1. The molecule has 5 nitrogen and oxygen atoms in total. The van der Waals surface area contributed by atoms with Gasteiger partial charge in [0.15, 0.2) is 5.82 Å². The van der Waals surface area contributed by atoms with E-state index in [9.17, 15) is 10.5 Å². The Bertz CT molecular complexity index is 2890. The average Bonchev–Trinajstić information content (AvgIpc) is 3.59. The van der Waals surface area contributed by atoms with Crippen molar-refractivity contribution in [1.82, 2.24) is 14.5 Å². The van der Waals surface area contributed by atoms with Crippen LogP contribution in [0, 0.1) is 22.7 Å². The van der Waals surface area contributed by atoms with Crippen LogP contribution in [-0.2, 0) is 5.41 Å². The van der Waals surface area contributed by atoms with Crippen molar-refractivity contribution in [2.75, 3.05) is 0 Å². The molecule has 9 rings (SSSR count). The summed E-state index contributed by atoms with van der Waals surface area (Å²) in [6.07, 6.45) is 0. The fraction of sp³-hybridized carbons (Fsp3) is 0.0769. The van der Waals surface area contributed by atoms with Crippen molar-refractivity contribution in [2.45, 2.75) is 26.2 Å². The molecule has 57 heavy (non-hydrogen) atoms. The van der Waals surface area contributed by atoms with E-state index in [-0.39, 0.29) is 5.41 Å². The van der Waals surface area contributed by atoms with E-state index in [1.165, 1.54) is 10.9 Å². The molecule has 0 spiro atoms. The van der Waals surface area contributed by atoms with Crippen molar-refractivity contribution in [1.29, 1.82) is 10.5 Å². The van der Waals surface area contributed by atoms with Gasteiger partial charge >= 0.3 is 0 Å². The monoisotopic (exact) mass is 731 g/mol. The maximum Gasteiger partial charge on any atom is 0.160 e. The van der Waals surface area contributed by atoms with Gasteiger partial charge in [-0.05, 0) is 82.8 Å². The molecule has 0 N–H and O–H groups in total. The summed E-state index contributed by atoms with van der Waals surface area (Å²) in [6.45, 7) is 6.74. The standard InChI is InChI=1S/C52H37N5/c1-52(2,3)41-26-27-49-45(30-41)42-16-10-11-17-48(42)57(49)50-43(36-22-18-34(32-53)19-23-36)28-40(29-44(50)37-24-20-35(33-54)21-25-37)51-55-46(38-12-6-4-7-13-38)31-47(56-51)39-14-8-5-9-15-39/h4-31H,1-3H3. The number of fused-ring (bicyclic) bond motifs is 3. The third-order valence-corrected chi connectivity index (χ3v) is 10.6. The molecule has 2 heterocycles. The van der Waals surface area contributed by atoms with Crippen LogP contribution in [0.3, 0.4) is 0 Å². The lowest BCUT2D eigenvalue weighted by molar-refractivity contribution is 0.591. The van der Waals surface area contributed by atoms with Gasteiger partial charge in [0.1, 0.15) is 0 Å². The molecule has 0 aliphatic carbocycles. The van der Waals surface area contributed by atoms with Crippen LogP contribution in [0.15, 0.2) is 170 Å². The van der Waals surface area contributed by atoms with Crippen LogP contribution < -0.4 is 0 Å². The lowest BCUT2D eigenvalue weighted by Gasteiger charge is -2.22. The van der Waals surface area contributed by atoms with Crippen molar-refractivity contribution in [3.63, 3.8) is 0 Å². The quantitative estimate of drug-likeness (QED) is 0.171. The molecule has 270 valence electrons. The molecule has 5 heteroatoms. The Morgan fingerprint density at radius 2 is 0.947 bits per heavy atom. The number of nitriles is 2. The zero-order chi connectivity index (χ0) is 39.1. The summed E-state index contributed by atoms with van der Waals surface area (Å²) in [4.78, 5) is 10.5. The van der Waals surface area contributed by atoms with Gasteiger partial charge in [0.25, 0.3) is 0 Å². The highest BCUT2D eigenvalue weighted by Gasteiger charge is 2.24. The molecule has 0 saturated heterocycles. The summed E-state index contributed by atoms with van der Waals surface area (Å²) in [7, 11) is 0. The van der Waals surface area contributed by atoms with Gasteiger partial charge < -0.3 is 4.57 Å². The number of nitrogens with zero attached hydrogens (tertiary/aromatic N) is 5. The minimum Gasteiger partial charge on any atom is -0.308 e. The van der Waals surface area contributed by atoms with E-state index >= 15 is 0 Å². The summed E-state index contributed by atoms with van der Waals surface area (Å²) in [5, 5.41) is 21.9. The Kier molecular flexibility index (Phi) is 8.77. The van der Waals surface area contributed by atoms with Gasteiger partial charge in [-0.3, -0.25) is 0 Å². The fourth-order valence-electron chi connectivity index (χ4n) is 7.66. The molecule has 0 atom stereocenters. The minimum atomic E-state index is -0.0345. The first-order valence-corrected chi connectivity index (χ1v) is 19.0. The Hall–Kier alpha value is -7.60. The summed E-state index contributed by atoms with van der Waals surface area (Å²) in [5.74, 6) is 0.587. The zero-order valence-electron chi connectivity index (χ0n) is 31.9. The topological polar surface area (TPSA) is 78.3 Å². The van der Waals surface area contributed by atoms with Gasteiger partial charge in [-0.1, -0.05) is 130 Å². The molecule has 0 unspecified atom stereocenters. The molecular weight excluding hydrogens is 695 g/mol. The Morgan fingerprint density at radius 3 is 1.46 bits per heavy atom. The van der Waals surface area contributed by atoms with E-state index in [0.717, 1.165) is 72.4 Å². The second-order valence-electron chi connectivity index (χ2n) is 15.3. The van der Waals surface area contributed by atoms with Crippen LogP contribution in [0.25, 0.3) is 83.6 Å². The maximum absolute atomic E-state index is 9.79. The molecule has 9 aromatic rings. The lowest BCUT2D eigenvalue weighted by Crippen LogP contribution is -2.10. The van der Waals surface area contributed by atoms with E-state index in [0.29, 0.717) is 17.0 Å².